The maximum atomic E-state index is 12.6. The molecule has 156 valence electrons. The summed E-state index contributed by atoms with van der Waals surface area (Å²) in [5.41, 5.74) is 1.08. The molecule has 1 aromatic rings. The average Bonchev–Trinajstić information content (AvgIpc) is 2.75. The van der Waals surface area contributed by atoms with Crippen LogP contribution in [0.5, 0.6) is 11.5 Å². The number of nitrogens with zero attached hydrogens (tertiary/aromatic N) is 5. The molecule has 1 amide bonds. The minimum Gasteiger partial charge on any atom is -0.497 e. The third-order valence-corrected chi connectivity index (χ3v) is 5.05. The number of benzene rings is 1. The number of amides is 1. The van der Waals surface area contributed by atoms with Gasteiger partial charge in [0.15, 0.2) is 0 Å². The van der Waals surface area contributed by atoms with Crippen molar-refractivity contribution in [2.75, 3.05) is 60.0 Å². The van der Waals surface area contributed by atoms with E-state index < -0.39 is 0 Å². The van der Waals surface area contributed by atoms with Crippen LogP contribution in [-0.4, -0.2) is 80.6 Å². The average molecular weight is 399 g/mol. The predicted octanol–water partition coefficient (Wildman–Crippen LogP) is 1.48. The van der Waals surface area contributed by atoms with Crippen LogP contribution in [0.1, 0.15) is 18.4 Å². The zero-order valence-electron chi connectivity index (χ0n) is 17.3. The zero-order chi connectivity index (χ0) is 21.1. The Bertz CT molecular complexity index is 730. The number of hydrogen-bond acceptors (Lipinski definition) is 7. The van der Waals surface area contributed by atoms with Crippen molar-refractivity contribution in [2.45, 2.75) is 19.4 Å². The lowest BCUT2D eigenvalue weighted by atomic mass is 10.1. The summed E-state index contributed by atoms with van der Waals surface area (Å²) < 4.78 is 10.8. The molecule has 0 radical (unpaired) electrons. The van der Waals surface area contributed by atoms with E-state index in [1.165, 1.54) is 0 Å². The summed E-state index contributed by atoms with van der Waals surface area (Å²) in [5, 5.41) is 17.6. The Balaban J connectivity index is 1.86. The predicted molar refractivity (Wildman–Crippen MR) is 108 cm³/mol. The lowest BCUT2D eigenvalue weighted by molar-refractivity contribution is -0.132. The van der Waals surface area contributed by atoms with Crippen molar-refractivity contribution >= 4 is 5.91 Å². The third kappa shape index (κ3) is 6.94. The summed E-state index contributed by atoms with van der Waals surface area (Å²) in [5.74, 6) is 1.63. The summed E-state index contributed by atoms with van der Waals surface area (Å²) in [4.78, 5) is 18.7. The smallest absolute Gasteiger partial charge is 0.236 e. The number of carbonyl (C=O) groups is 1. The standard InChI is InChI=1S/C21H29N5O3/c1-28-19-5-6-20(29-2)18(15-19)16-24-11-13-25(14-12-24)17-21(27)26(9-3-7-22)10-4-8-23/h5-6,15H,3-4,9-14,16-17H2,1-2H3. The second-order valence-electron chi connectivity index (χ2n) is 6.93. The molecule has 1 aliphatic rings. The van der Waals surface area contributed by atoms with E-state index in [1.807, 2.05) is 18.2 Å². The molecule has 0 spiro atoms. The molecule has 1 saturated heterocycles. The first-order valence-electron chi connectivity index (χ1n) is 9.78. The van der Waals surface area contributed by atoms with Gasteiger partial charge in [-0.15, -0.1) is 0 Å². The number of ether oxygens (including phenoxy) is 2. The fraction of sp³-hybridized carbons (Fsp3) is 0.571. The molecule has 1 aliphatic heterocycles. The minimum atomic E-state index is -0.0154. The van der Waals surface area contributed by atoms with Crippen molar-refractivity contribution < 1.29 is 14.3 Å². The fourth-order valence-corrected chi connectivity index (χ4v) is 3.37. The van der Waals surface area contributed by atoms with E-state index in [9.17, 15) is 4.79 Å². The molecule has 0 saturated carbocycles. The summed E-state index contributed by atoms with van der Waals surface area (Å²) >= 11 is 0. The van der Waals surface area contributed by atoms with Gasteiger partial charge in [0, 0.05) is 51.4 Å². The topological polar surface area (TPSA) is 92.8 Å². The molecule has 1 aromatic carbocycles. The highest BCUT2D eigenvalue weighted by Gasteiger charge is 2.22. The minimum absolute atomic E-state index is 0.0154. The first kappa shape index (κ1) is 22.5. The molecule has 0 aromatic heterocycles. The van der Waals surface area contributed by atoms with Gasteiger partial charge in [0.2, 0.25) is 5.91 Å². The number of carbonyl (C=O) groups excluding carboxylic acids is 1. The van der Waals surface area contributed by atoms with E-state index in [0.29, 0.717) is 19.6 Å². The van der Waals surface area contributed by atoms with Gasteiger partial charge in [-0.3, -0.25) is 14.6 Å². The van der Waals surface area contributed by atoms with Gasteiger partial charge in [-0.05, 0) is 18.2 Å². The fourth-order valence-electron chi connectivity index (χ4n) is 3.37. The lowest BCUT2D eigenvalue weighted by Gasteiger charge is -2.35. The van der Waals surface area contributed by atoms with Crippen molar-refractivity contribution in [2.24, 2.45) is 0 Å². The van der Waals surface area contributed by atoms with E-state index in [-0.39, 0.29) is 18.7 Å². The largest absolute Gasteiger partial charge is 0.497 e. The van der Waals surface area contributed by atoms with Crippen LogP contribution in [0.25, 0.3) is 0 Å². The molecule has 2 rings (SSSR count). The maximum absolute atomic E-state index is 12.6. The van der Waals surface area contributed by atoms with Crippen LogP contribution in [0.15, 0.2) is 18.2 Å². The monoisotopic (exact) mass is 399 g/mol. The molecule has 0 aliphatic carbocycles. The molecule has 8 nitrogen and oxygen atoms in total. The van der Waals surface area contributed by atoms with Crippen molar-refractivity contribution in [3.05, 3.63) is 23.8 Å². The zero-order valence-corrected chi connectivity index (χ0v) is 17.3. The SMILES string of the molecule is COc1ccc(OC)c(CN2CCN(CC(=O)N(CCC#N)CCC#N)CC2)c1. The van der Waals surface area contributed by atoms with Gasteiger partial charge < -0.3 is 14.4 Å². The molecule has 29 heavy (non-hydrogen) atoms. The van der Waals surface area contributed by atoms with Gasteiger partial charge >= 0.3 is 0 Å². The van der Waals surface area contributed by atoms with Crippen molar-refractivity contribution in [1.29, 1.82) is 10.5 Å². The molecule has 8 heteroatoms. The normalized spacial score (nSPS) is 14.6. The molecule has 1 fully saturated rings. The lowest BCUT2D eigenvalue weighted by Crippen LogP contribution is -2.50. The molecule has 0 unspecified atom stereocenters. The highest BCUT2D eigenvalue weighted by molar-refractivity contribution is 5.78. The third-order valence-electron chi connectivity index (χ3n) is 5.05. The van der Waals surface area contributed by atoms with Crippen LogP contribution >= 0.6 is 0 Å². The molecule has 0 bridgehead atoms. The van der Waals surface area contributed by atoms with Gasteiger partial charge in [-0.2, -0.15) is 10.5 Å². The van der Waals surface area contributed by atoms with Crippen LogP contribution in [0.3, 0.4) is 0 Å². The van der Waals surface area contributed by atoms with E-state index in [0.717, 1.165) is 49.8 Å². The Kier molecular flexibility index (Phi) is 9.23. The van der Waals surface area contributed by atoms with Gasteiger partial charge in [0.25, 0.3) is 0 Å². The Morgan fingerprint density at radius 3 is 2.21 bits per heavy atom. The molecule has 0 atom stereocenters. The van der Waals surface area contributed by atoms with Gasteiger partial charge in [-0.25, -0.2) is 0 Å². The summed E-state index contributed by atoms with van der Waals surface area (Å²) in [6.45, 7) is 5.14. The Labute approximate surface area is 172 Å². The first-order valence-corrected chi connectivity index (χ1v) is 9.78. The van der Waals surface area contributed by atoms with E-state index in [4.69, 9.17) is 20.0 Å². The summed E-state index contributed by atoms with van der Waals surface area (Å²) in [6.07, 6.45) is 0.570. The van der Waals surface area contributed by atoms with Crippen LogP contribution in [0, 0.1) is 22.7 Å². The second kappa shape index (κ2) is 11.9. The van der Waals surface area contributed by atoms with Crippen molar-refractivity contribution in [3.8, 4) is 23.6 Å². The van der Waals surface area contributed by atoms with E-state index >= 15 is 0 Å². The van der Waals surface area contributed by atoms with Crippen LogP contribution in [0.4, 0.5) is 0 Å². The van der Waals surface area contributed by atoms with E-state index in [1.54, 1.807) is 19.1 Å². The highest BCUT2D eigenvalue weighted by Crippen LogP contribution is 2.25. The molecule has 0 N–H and O–H groups in total. The Hall–Kier alpha value is -2.81. The number of hydrogen-bond donors (Lipinski definition) is 0. The van der Waals surface area contributed by atoms with Crippen LogP contribution < -0.4 is 9.47 Å². The van der Waals surface area contributed by atoms with Gasteiger partial charge in [0.1, 0.15) is 11.5 Å². The number of methoxy groups -OCH3 is 2. The number of nitriles is 2. The van der Waals surface area contributed by atoms with Crippen molar-refractivity contribution in [3.63, 3.8) is 0 Å². The molecule has 1 heterocycles. The number of rotatable bonds is 10. The van der Waals surface area contributed by atoms with E-state index in [2.05, 4.69) is 21.9 Å². The molecular weight excluding hydrogens is 370 g/mol. The summed E-state index contributed by atoms with van der Waals surface area (Å²) in [6, 6.07) is 9.93. The highest BCUT2D eigenvalue weighted by atomic mass is 16.5. The quantitative estimate of drug-likeness (QED) is 0.588. The van der Waals surface area contributed by atoms with Crippen LogP contribution in [-0.2, 0) is 11.3 Å². The molecular formula is C21H29N5O3. The van der Waals surface area contributed by atoms with Gasteiger partial charge in [0.05, 0.1) is 45.7 Å². The van der Waals surface area contributed by atoms with Crippen LogP contribution in [0.2, 0.25) is 0 Å². The number of piperazine rings is 1. The Morgan fingerprint density at radius 2 is 1.66 bits per heavy atom. The Morgan fingerprint density at radius 1 is 1.03 bits per heavy atom. The second-order valence-corrected chi connectivity index (χ2v) is 6.93. The van der Waals surface area contributed by atoms with Crippen molar-refractivity contribution in [1.82, 2.24) is 14.7 Å². The summed E-state index contributed by atoms with van der Waals surface area (Å²) in [7, 11) is 3.32. The van der Waals surface area contributed by atoms with Gasteiger partial charge in [-0.1, -0.05) is 0 Å². The maximum Gasteiger partial charge on any atom is 0.236 e. The first-order chi connectivity index (χ1) is 14.1.